The number of carbonyl (C=O) groups excluding carboxylic acids is 1. The van der Waals surface area contributed by atoms with Gasteiger partial charge in [0.1, 0.15) is 11.4 Å². The van der Waals surface area contributed by atoms with Crippen LogP contribution in [0.4, 0.5) is 13.2 Å². The topological polar surface area (TPSA) is 95.1 Å². The first-order valence-electron chi connectivity index (χ1n) is 9.15. The largest absolute Gasteiger partial charge is 0.422 e. The Morgan fingerprint density at radius 2 is 1.94 bits per heavy atom. The van der Waals surface area contributed by atoms with Crippen LogP contribution in [0.15, 0.2) is 59.4 Å². The maximum absolute atomic E-state index is 12.6. The summed E-state index contributed by atoms with van der Waals surface area (Å²) in [5.74, 6) is -0.0481. The summed E-state index contributed by atoms with van der Waals surface area (Å²) >= 11 is 12.0. The van der Waals surface area contributed by atoms with E-state index in [4.69, 9.17) is 32.5 Å². The zero-order valence-electron chi connectivity index (χ0n) is 16.3. The average Bonchev–Trinajstić information content (AvgIpc) is 3.41. The molecule has 0 bridgehead atoms. The van der Waals surface area contributed by atoms with Gasteiger partial charge in [0.15, 0.2) is 5.82 Å². The Kier molecular flexibility index (Phi) is 6.25. The summed E-state index contributed by atoms with van der Waals surface area (Å²) in [4.78, 5) is 20.7. The van der Waals surface area contributed by atoms with E-state index in [-0.39, 0.29) is 34.9 Å². The van der Waals surface area contributed by atoms with Gasteiger partial charge in [-0.05, 0) is 47.6 Å². The standard InChI is InChI=1S/C20H12Cl2F3N5O3/c21-12-8-14(22)17(26-9-12)30-7-1-2-15(30)18(31)27-10-16-28-19(29-33-16)32-13-5-3-11(4-6-13)20(23,24)25/h1-9H,10H2,(H,27,31). The van der Waals surface area contributed by atoms with Crippen LogP contribution in [0.3, 0.4) is 0 Å². The lowest BCUT2D eigenvalue weighted by molar-refractivity contribution is -0.137. The highest BCUT2D eigenvalue weighted by atomic mass is 35.5. The van der Waals surface area contributed by atoms with E-state index in [1.807, 2.05) is 0 Å². The maximum Gasteiger partial charge on any atom is 0.416 e. The Bertz CT molecular complexity index is 1290. The van der Waals surface area contributed by atoms with E-state index < -0.39 is 17.6 Å². The molecular formula is C20H12Cl2F3N5O3. The number of amides is 1. The van der Waals surface area contributed by atoms with E-state index in [0.717, 1.165) is 24.3 Å². The van der Waals surface area contributed by atoms with Crippen molar-refractivity contribution in [2.75, 3.05) is 0 Å². The van der Waals surface area contributed by atoms with Crippen molar-refractivity contribution in [1.82, 2.24) is 25.0 Å². The molecule has 0 fully saturated rings. The molecule has 0 aliphatic rings. The van der Waals surface area contributed by atoms with Crippen LogP contribution in [0.5, 0.6) is 11.8 Å². The average molecular weight is 498 g/mol. The van der Waals surface area contributed by atoms with E-state index in [2.05, 4.69) is 20.4 Å². The van der Waals surface area contributed by atoms with Gasteiger partial charge in [-0.15, -0.1) is 0 Å². The van der Waals surface area contributed by atoms with E-state index in [1.54, 1.807) is 18.3 Å². The minimum absolute atomic E-state index is 0.0195. The molecule has 0 saturated carbocycles. The first kappa shape index (κ1) is 22.6. The van der Waals surface area contributed by atoms with Crippen LogP contribution >= 0.6 is 23.2 Å². The summed E-state index contributed by atoms with van der Waals surface area (Å²) in [6, 6.07) is 8.48. The van der Waals surface area contributed by atoms with Gasteiger partial charge in [-0.25, -0.2) is 4.98 Å². The molecule has 33 heavy (non-hydrogen) atoms. The summed E-state index contributed by atoms with van der Waals surface area (Å²) in [6.07, 6.45) is -1.44. The summed E-state index contributed by atoms with van der Waals surface area (Å²) in [5.41, 5.74) is -0.571. The zero-order valence-corrected chi connectivity index (χ0v) is 17.8. The number of pyridine rings is 1. The molecule has 0 spiro atoms. The van der Waals surface area contributed by atoms with Crippen LogP contribution in [0.25, 0.3) is 5.82 Å². The molecular weight excluding hydrogens is 486 g/mol. The van der Waals surface area contributed by atoms with Crippen LogP contribution in [-0.2, 0) is 12.7 Å². The van der Waals surface area contributed by atoms with Crippen LogP contribution in [0.2, 0.25) is 10.0 Å². The number of hydrogen-bond donors (Lipinski definition) is 1. The van der Waals surface area contributed by atoms with Crippen molar-refractivity contribution >= 4 is 29.1 Å². The van der Waals surface area contributed by atoms with E-state index >= 15 is 0 Å². The Morgan fingerprint density at radius 1 is 1.18 bits per heavy atom. The Hall–Kier alpha value is -3.57. The summed E-state index contributed by atoms with van der Waals surface area (Å²) in [5, 5.41) is 6.80. The first-order chi connectivity index (χ1) is 15.7. The molecule has 0 aliphatic carbocycles. The second kappa shape index (κ2) is 9.12. The van der Waals surface area contributed by atoms with Crippen molar-refractivity contribution in [3.63, 3.8) is 0 Å². The van der Waals surface area contributed by atoms with E-state index in [9.17, 15) is 18.0 Å². The smallest absolute Gasteiger partial charge is 0.416 e. The molecule has 8 nitrogen and oxygen atoms in total. The summed E-state index contributed by atoms with van der Waals surface area (Å²) < 4.78 is 49.6. The molecule has 1 aromatic carbocycles. The second-order valence-electron chi connectivity index (χ2n) is 6.50. The third-order valence-electron chi connectivity index (χ3n) is 4.24. The number of benzene rings is 1. The number of aromatic nitrogens is 4. The summed E-state index contributed by atoms with van der Waals surface area (Å²) in [7, 11) is 0. The van der Waals surface area contributed by atoms with Crippen LogP contribution in [-0.4, -0.2) is 25.6 Å². The van der Waals surface area contributed by atoms with Crippen molar-refractivity contribution in [3.05, 3.63) is 82.1 Å². The quantitative estimate of drug-likeness (QED) is 0.388. The van der Waals surface area contributed by atoms with Crippen molar-refractivity contribution in [2.24, 2.45) is 0 Å². The molecule has 1 N–H and O–H groups in total. The number of nitrogens with one attached hydrogen (secondary N) is 1. The molecule has 170 valence electrons. The van der Waals surface area contributed by atoms with Gasteiger partial charge in [0.05, 0.1) is 22.2 Å². The van der Waals surface area contributed by atoms with Gasteiger partial charge in [0, 0.05) is 12.4 Å². The number of nitrogens with zero attached hydrogens (tertiary/aromatic N) is 4. The molecule has 0 atom stereocenters. The van der Waals surface area contributed by atoms with Gasteiger partial charge in [-0.3, -0.25) is 9.36 Å². The Labute approximate surface area is 193 Å². The predicted octanol–water partition coefficient (Wildman–Crippen LogP) is 5.30. The van der Waals surface area contributed by atoms with Crippen molar-refractivity contribution < 1.29 is 27.2 Å². The van der Waals surface area contributed by atoms with Gasteiger partial charge in [-0.1, -0.05) is 23.2 Å². The second-order valence-corrected chi connectivity index (χ2v) is 7.34. The molecule has 3 heterocycles. The SMILES string of the molecule is O=C(NCc1nc(Oc2ccc(C(F)(F)F)cc2)no1)c1cccn1-c1ncc(Cl)cc1Cl. The van der Waals surface area contributed by atoms with Crippen molar-refractivity contribution in [1.29, 1.82) is 0 Å². The molecule has 0 aliphatic heterocycles. The monoisotopic (exact) mass is 497 g/mol. The van der Waals surface area contributed by atoms with Crippen LogP contribution < -0.4 is 10.1 Å². The molecule has 4 aromatic rings. The fraction of sp³-hybridized carbons (Fsp3) is 0.100. The van der Waals surface area contributed by atoms with Crippen LogP contribution in [0.1, 0.15) is 21.9 Å². The van der Waals surface area contributed by atoms with E-state index in [1.165, 1.54) is 16.8 Å². The number of hydrogen-bond acceptors (Lipinski definition) is 6. The molecule has 1 amide bonds. The number of rotatable bonds is 6. The molecule has 3 aromatic heterocycles. The molecule has 13 heteroatoms. The fourth-order valence-electron chi connectivity index (χ4n) is 2.75. The van der Waals surface area contributed by atoms with Gasteiger partial charge in [0.25, 0.3) is 5.91 Å². The fourth-order valence-corrected chi connectivity index (χ4v) is 3.22. The molecule has 4 rings (SSSR count). The van der Waals surface area contributed by atoms with Crippen molar-refractivity contribution in [3.8, 4) is 17.6 Å². The third-order valence-corrected chi connectivity index (χ3v) is 4.72. The Balaban J connectivity index is 1.39. The van der Waals surface area contributed by atoms with Gasteiger partial charge < -0.3 is 14.6 Å². The molecule has 0 saturated heterocycles. The Morgan fingerprint density at radius 3 is 2.64 bits per heavy atom. The highest BCUT2D eigenvalue weighted by Gasteiger charge is 2.30. The number of alkyl halides is 3. The zero-order chi connectivity index (χ0) is 23.6. The highest BCUT2D eigenvalue weighted by Crippen LogP contribution is 2.31. The number of ether oxygens (including phenoxy) is 1. The van der Waals surface area contributed by atoms with E-state index in [0.29, 0.717) is 10.8 Å². The predicted molar refractivity (Wildman–Crippen MR) is 111 cm³/mol. The third kappa shape index (κ3) is 5.26. The van der Waals surface area contributed by atoms with Gasteiger partial charge in [-0.2, -0.15) is 18.2 Å². The maximum atomic E-state index is 12.6. The van der Waals surface area contributed by atoms with Gasteiger partial charge in [0.2, 0.25) is 5.89 Å². The minimum atomic E-state index is -4.45. The first-order valence-corrected chi connectivity index (χ1v) is 9.91. The van der Waals surface area contributed by atoms with Crippen LogP contribution in [0, 0.1) is 0 Å². The number of halogens is 5. The van der Waals surface area contributed by atoms with Crippen molar-refractivity contribution in [2.45, 2.75) is 12.7 Å². The highest BCUT2D eigenvalue weighted by molar-refractivity contribution is 6.35. The van der Waals surface area contributed by atoms with Gasteiger partial charge >= 0.3 is 12.2 Å². The number of carbonyl (C=O) groups is 1. The lowest BCUT2D eigenvalue weighted by Crippen LogP contribution is -2.25. The molecule has 0 unspecified atom stereocenters. The lowest BCUT2D eigenvalue weighted by Gasteiger charge is -2.09. The summed E-state index contributed by atoms with van der Waals surface area (Å²) in [6.45, 7) is -0.130. The molecule has 0 radical (unpaired) electrons. The lowest BCUT2D eigenvalue weighted by atomic mass is 10.2. The minimum Gasteiger partial charge on any atom is -0.422 e. The normalized spacial score (nSPS) is 11.4.